The number of benzene rings is 1. The van der Waals surface area contributed by atoms with Crippen molar-refractivity contribution in [2.24, 2.45) is 0 Å². The number of carbonyl (C=O) groups is 1. The Bertz CT molecular complexity index is 1100. The van der Waals surface area contributed by atoms with Gasteiger partial charge >= 0.3 is 4.87 Å². The third kappa shape index (κ3) is 5.02. The molecule has 0 bridgehead atoms. The van der Waals surface area contributed by atoms with E-state index < -0.39 is 0 Å². The Morgan fingerprint density at radius 2 is 1.97 bits per heavy atom. The third-order valence-corrected chi connectivity index (χ3v) is 6.63. The number of carbonyl (C=O) groups excluding carboxylic acids is 1. The van der Waals surface area contributed by atoms with Crippen LogP contribution in [0.3, 0.4) is 0 Å². The first-order valence-corrected chi connectivity index (χ1v) is 11.2. The van der Waals surface area contributed by atoms with Crippen LogP contribution in [0.5, 0.6) is 0 Å². The van der Waals surface area contributed by atoms with Gasteiger partial charge in [0.25, 0.3) is 0 Å². The molecule has 0 saturated heterocycles. The summed E-state index contributed by atoms with van der Waals surface area (Å²) in [4.78, 5) is 26.2. The lowest BCUT2D eigenvalue weighted by molar-refractivity contribution is -0.130. The number of thiazole rings is 1. The molecule has 0 aliphatic rings. The van der Waals surface area contributed by atoms with Gasteiger partial charge in [-0.05, 0) is 38.8 Å². The lowest BCUT2D eigenvalue weighted by Gasteiger charge is -2.18. The van der Waals surface area contributed by atoms with Crippen LogP contribution in [0.25, 0.3) is 0 Å². The van der Waals surface area contributed by atoms with Gasteiger partial charge in [0.1, 0.15) is 0 Å². The summed E-state index contributed by atoms with van der Waals surface area (Å²) in [6.45, 7) is 7.58. The molecular weight excluding hydrogens is 420 g/mol. The molecule has 0 atom stereocenters. The van der Waals surface area contributed by atoms with Gasteiger partial charge in [-0.1, -0.05) is 41.1 Å². The molecule has 160 valence electrons. The Labute approximate surface area is 185 Å². The van der Waals surface area contributed by atoms with Crippen LogP contribution >= 0.6 is 22.9 Å². The largest absolute Gasteiger partial charge is 0.341 e. The fourth-order valence-electron chi connectivity index (χ4n) is 3.48. The highest BCUT2D eigenvalue weighted by atomic mass is 35.5. The van der Waals surface area contributed by atoms with Gasteiger partial charge in [-0.15, -0.1) is 0 Å². The number of aryl methyl sites for hydroxylation is 2. The minimum atomic E-state index is 0.0329. The molecule has 6 nitrogen and oxygen atoms in total. The molecule has 3 aromatic rings. The number of hydrogen-bond acceptors (Lipinski definition) is 4. The molecule has 0 spiro atoms. The van der Waals surface area contributed by atoms with Crippen molar-refractivity contribution >= 4 is 28.8 Å². The first-order chi connectivity index (χ1) is 14.3. The Morgan fingerprint density at radius 1 is 1.23 bits per heavy atom. The maximum Gasteiger partial charge on any atom is 0.307 e. The maximum absolute atomic E-state index is 12.6. The normalized spacial score (nSPS) is 11.1. The summed E-state index contributed by atoms with van der Waals surface area (Å²) in [5.41, 5.74) is 4.97. The number of halogens is 1. The van der Waals surface area contributed by atoms with E-state index in [1.807, 2.05) is 62.1 Å². The predicted octanol–water partition coefficient (Wildman–Crippen LogP) is 4.17. The Morgan fingerprint density at radius 3 is 2.63 bits per heavy atom. The molecule has 8 heteroatoms. The molecule has 3 rings (SSSR count). The Balaban J connectivity index is 1.61. The molecule has 2 aromatic heterocycles. The Hall–Kier alpha value is -2.38. The first-order valence-electron chi connectivity index (χ1n) is 9.93. The summed E-state index contributed by atoms with van der Waals surface area (Å²) < 4.78 is 3.67. The van der Waals surface area contributed by atoms with E-state index in [2.05, 4.69) is 5.10 Å². The van der Waals surface area contributed by atoms with Crippen LogP contribution in [0.2, 0.25) is 5.02 Å². The SMILES string of the molecule is Cc1nn(Cc2ccccc2Cl)c(C)c1CN(C)C(=O)CCCn1c(C)csc1=O. The smallest absolute Gasteiger partial charge is 0.307 e. The van der Waals surface area contributed by atoms with Crippen molar-refractivity contribution in [1.29, 1.82) is 0 Å². The minimum Gasteiger partial charge on any atom is -0.341 e. The third-order valence-electron chi connectivity index (χ3n) is 5.38. The molecule has 0 N–H and O–H groups in total. The molecule has 0 aliphatic carbocycles. The second-order valence-electron chi connectivity index (χ2n) is 7.55. The summed E-state index contributed by atoms with van der Waals surface area (Å²) in [5, 5.41) is 7.23. The van der Waals surface area contributed by atoms with Gasteiger partial charge in [-0.3, -0.25) is 14.3 Å². The van der Waals surface area contributed by atoms with Crippen LogP contribution in [-0.2, 0) is 24.4 Å². The van der Waals surface area contributed by atoms with Crippen molar-refractivity contribution < 1.29 is 4.79 Å². The van der Waals surface area contributed by atoms with E-state index >= 15 is 0 Å². The quantitative estimate of drug-likeness (QED) is 0.521. The predicted molar refractivity (Wildman–Crippen MR) is 121 cm³/mol. The lowest BCUT2D eigenvalue weighted by atomic mass is 10.1. The zero-order valence-corrected chi connectivity index (χ0v) is 19.4. The highest BCUT2D eigenvalue weighted by molar-refractivity contribution is 7.07. The Kier molecular flexibility index (Phi) is 7.15. The minimum absolute atomic E-state index is 0.0329. The van der Waals surface area contributed by atoms with E-state index in [-0.39, 0.29) is 10.8 Å². The number of rotatable bonds is 8. The van der Waals surface area contributed by atoms with E-state index in [4.69, 9.17) is 11.6 Å². The summed E-state index contributed by atoms with van der Waals surface area (Å²) >= 11 is 7.49. The topological polar surface area (TPSA) is 60.1 Å². The molecule has 0 aliphatic heterocycles. The van der Waals surface area contributed by atoms with Gasteiger partial charge in [0.05, 0.1) is 12.2 Å². The summed E-state index contributed by atoms with van der Waals surface area (Å²) in [6, 6.07) is 7.75. The van der Waals surface area contributed by atoms with Gasteiger partial charge in [0, 0.05) is 53.9 Å². The standard InChI is InChI=1S/C22H27ClN4O2S/c1-15-14-30-22(29)26(15)11-7-10-21(28)25(4)13-19-16(2)24-27(17(19)3)12-18-8-5-6-9-20(18)23/h5-6,8-9,14H,7,10-13H2,1-4H3. The lowest BCUT2D eigenvalue weighted by Crippen LogP contribution is -2.27. The van der Waals surface area contributed by atoms with Gasteiger partial charge in [-0.2, -0.15) is 5.10 Å². The second-order valence-corrected chi connectivity index (χ2v) is 8.77. The van der Waals surface area contributed by atoms with Crippen LogP contribution < -0.4 is 4.87 Å². The molecule has 0 saturated carbocycles. The van der Waals surface area contributed by atoms with Crippen LogP contribution in [-0.4, -0.2) is 32.2 Å². The molecule has 0 fully saturated rings. The molecule has 0 radical (unpaired) electrons. The zero-order chi connectivity index (χ0) is 21.8. The monoisotopic (exact) mass is 446 g/mol. The average molecular weight is 447 g/mol. The molecule has 1 aromatic carbocycles. The van der Waals surface area contributed by atoms with Crippen molar-refractivity contribution in [1.82, 2.24) is 19.2 Å². The highest BCUT2D eigenvalue weighted by Crippen LogP contribution is 2.20. The zero-order valence-electron chi connectivity index (χ0n) is 17.8. The molecule has 30 heavy (non-hydrogen) atoms. The molecular formula is C22H27ClN4O2S. The van der Waals surface area contributed by atoms with Crippen molar-refractivity contribution in [2.75, 3.05) is 7.05 Å². The van der Waals surface area contributed by atoms with Crippen LogP contribution in [0.4, 0.5) is 0 Å². The first kappa shape index (κ1) is 22.3. The van der Waals surface area contributed by atoms with Crippen LogP contribution in [0.1, 0.15) is 41.1 Å². The maximum atomic E-state index is 12.6. The van der Waals surface area contributed by atoms with E-state index in [0.717, 1.165) is 33.2 Å². The van der Waals surface area contributed by atoms with Crippen molar-refractivity contribution in [3.63, 3.8) is 0 Å². The number of amides is 1. The van der Waals surface area contributed by atoms with E-state index in [1.54, 1.807) is 9.47 Å². The van der Waals surface area contributed by atoms with E-state index in [0.29, 0.717) is 32.5 Å². The summed E-state index contributed by atoms with van der Waals surface area (Å²) in [5.74, 6) is 0.0635. The second kappa shape index (κ2) is 9.62. The number of aromatic nitrogens is 3. The molecule has 2 heterocycles. The summed E-state index contributed by atoms with van der Waals surface area (Å²) in [6.07, 6.45) is 1.05. The average Bonchev–Trinajstić information content (AvgIpc) is 3.16. The fourth-order valence-corrected chi connectivity index (χ4v) is 4.44. The van der Waals surface area contributed by atoms with E-state index in [1.165, 1.54) is 11.3 Å². The van der Waals surface area contributed by atoms with Crippen molar-refractivity contribution in [3.8, 4) is 0 Å². The fraction of sp³-hybridized carbons (Fsp3) is 0.409. The van der Waals surface area contributed by atoms with Crippen molar-refractivity contribution in [2.45, 2.75) is 53.2 Å². The van der Waals surface area contributed by atoms with Gasteiger partial charge in [-0.25, -0.2) is 0 Å². The number of nitrogens with zero attached hydrogens (tertiary/aromatic N) is 4. The van der Waals surface area contributed by atoms with Gasteiger partial charge in [0.15, 0.2) is 0 Å². The van der Waals surface area contributed by atoms with Gasteiger partial charge < -0.3 is 9.47 Å². The molecule has 0 unspecified atom stereocenters. The van der Waals surface area contributed by atoms with Crippen LogP contribution in [0.15, 0.2) is 34.4 Å². The molecule has 1 amide bonds. The number of hydrogen-bond donors (Lipinski definition) is 0. The highest BCUT2D eigenvalue weighted by Gasteiger charge is 2.17. The van der Waals surface area contributed by atoms with E-state index in [9.17, 15) is 9.59 Å². The summed E-state index contributed by atoms with van der Waals surface area (Å²) in [7, 11) is 1.81. The van der Waals surface area contributed by atoms with Crippen LogP contribution in [0, 0.1) is 20.8 Å². The van der Waals surface area contributed by atoms with Crippen molar-refractivity contribution in [3.05, 3.63) is 72.5 Å². The van der Waals surface area contributed by atoms with Gasteiger partial charge in [0.2, 0.25) is 5.91 Å².